The number of aromatic nitrogens is 1. The number of hydrogen-bond donors (Lipinski definition) is 0. The van der Waals surface area contributed by atoms with Crippen molar-refractivity contribution in [2.75, 3.05) is 20.0 Å². The van der Waals surface area contributed by atoms with Crippen molar-refractivity contribution in [1.29, 1.82) is 0 Å². The number of carbonyl (C=O) groups excluding carboxylic acids is 1. The number of pyridine rings is 1. The van der Waals surface area contributed by atoms with Gasteiger partial charge in [-0.1, -0.05) is 0 Å². The van der Waals surface area contributed by atoms with Crippen LogP contribution in [0.5, 0.6) is 5.75 Å². The summed E-state index contributed by atoms with van der Waals surface area (Å²) in [6.45, 7) is 3.70. The molecule has 115 valence electrons. The number of ether oxygens (including phenoxy) is 2. The topological polar surface area (TPSA) is 91.8 Å². The molecule has 0 unspecified atom stereocenters. The van der Waals surface area contributed by atoms with E-state index >= 15 is 0 Å². The number of hydrogen-bond acceptors (Lipinski definition) is 7. The maximum Gasteiger partial charge on any atom is 0.356 e. The van der Waals surface area contributed by atoms with E-state index in [2.05, 4.69) is 20.8 Å². The van der Waals surface area contributed by atoms with Gasteiger partial charge in [-0.15, -0.1) is 6.42 Å². The summed E-state index contributed by atoms with van der Waals surface area (Å²) in [5.74, 6) is -0.276. The first-order valence-corrected chi connectivity index (χ1v) is 7.53. The Balaban J connectivity index is 0.00000400. The van der Waals surface area contributed by atoms with Crippen molar-refractivity contribution in [3.05, 3.63) is 30.4 Å². The average Bonchev–Trinajstić information content (AvgIpc) is 2.41. The van der Waals surface area contributed by atoms with E-state index < -0.39 is 16.1 Å². The van der Waals surface area contributed by atoms with Crippen LogP contribution in [-0.4, -0.2) is 39.3 Å². The van der Waals surface area contributed by atoms with Crippen molar-refractivity contribution in [2.45, 2.75) is 13.0 Å². The zero-order chi connectivity index (χ0) is 15.2. The fraction of sp³-hybridized carbons (Fsp3) is 0.417. The van der Waals surface area contributed by atoms with Crippen LogP contribution in [0.1, 0.15) is 22.6 Å². The Morgan fingerprint density at radius 3 is 2.57 bits per heavy atom. The molecule has 1 aromatic heterocycles. The molecule has 21 heavy (non-hydrogen) atoms. The predicted molar refractivity (Wildman–Crippen MR) is 70.7 cm³/mol. The number of methoxy groups -OCH3 is 1. The zero-order valence-corrected chi connectivity index (χ0v) is 15.5. The number of esters is 1. The van der Waals surface area contributed by atoms with Gasteiger partial charge in [0.2, 0.25) is 0 Å². The molecule has 0 N–H and O–H groups in total. The molecule has 0 fully saturated rings. The summed E-state index contributed by atoms with van der Waals surface area (Å²) >= 11 is 0. The van der Waals surface area contributed by atoms with E-state index in [0.717, 1.165) is 6.26 Å². The molecule has 1 rings (SSSR count). The Morgan fingerprint density at radius 2 is 2.05 bits per heavy atom. The summed E-state index contributed by atoms with van der Waals surface area (Å²) in [4.78, 5) is 15.4. The van der Waals surface area contributed by atoms with E-state index in [4.69, 9.17) is 4.74 Å². The molecular weight excluding hydrogens is 375 g/mol. The quantitative estimate of drug-likeness (QED) is 0.388. The predicted octanol–water partition coefficient (Wildman–Crippen LogP) is 0.945. The van der Waals surface area contributed by atoms with Crippen LogP contribution >= 0.6 is 0 Å². The summed E-state index contributed by atoms with van der Waals surface area (Å²) < 4.78 is 36.5. The van der Waals surface area contributed by atoms with Crippen molar-refractivity contribution in [3.8, 4) is 5.75 Å². The van der Waals surface area contributed by atoms with E-state index in [1.54, 1.807) is 0 Å². The second kappa shape index (κ2) is 9.45. The van der Waals surface area contributed by atoms with Crippen molar-refractivity contribution in [3.63, 3.8) is 0 Å². The Kier molecular flexibility index (Phi) is 9.20. The van der Waals surface area contributed by atoms with Gasteiger partial charge < -0.3 is 16.4 Å². The van der Waals surface area contributed by atoms with E-state index in [0.29, 0.717) is 18.8 Å². The van der Waals surface area contributed by atoms with Gasteiger partial charge in [-0.25, -0.2) is 9.78 Å². The number of carbonyl (C=O) groups is 1. The summed E-state index contributed by atoms with van der Waals surface area (Å²) in [5, 5.41) is 0. The molecule has 0 amide bonds. The van der Waals surface area contributed by atoms with Crippen LogP contribution in [0.2, 0.25) is 0 Å². The average molecular weight is 391 g/mol. The van der Waals surface area contributed by atoms with Crippen molar-refractivity contribution in [2.24, 2.45) is 0 Å². The Morgan fingerprint density at radius 1 is 1.38 bits per heavy atom. The van der Waals surface area contributed by atoms with Gasteiger partial charge in [0.15, 0.2) is 5.69 Å². The Hall–Kier alpha value is -0.566. The van der Waals surface area contributed by atoms with Gasteiger partial charge in [-0.2, -0.15) is 8.42 Å². The van der Waals surface area contributed by atoms with Crippen LogP contribution in [-0.2, 0) is 58.4 Å². The maximum absolute atomic E-state index is 11.5. The molecule has 1 radical (unpaired) electrons. The molecule has 7 nitrogen and oxygen atoms in total. The SMILES string of the molecule is [CH2-]CCOc1cc(COS(C)(=O)=O)nc(C(=O)OC)c1.[Y]. The minimum absolute atomic E-state index is 0. The number of nitrogens with zero attached hydrogens (tertiary/aromatic N) is 1. The van der Waals surface area contributed by atoms with Crippen LogP contribution in [0.3, 0.4) is 0 Å². The standard InChI is InChI=1S/C12H16NO6S.Y/c1-4-5-18-10-6-9(8-19-20(3,15)16)13-11(7-10)12(14)17-2;/h6-7H,1,4-5,8H2,2-3H3;/q-1;. The first kappa shape index (κ1) is 20.4. The molecule has 0 saturated heterocycles. The second-order valence-corrected chi connectivity index (χ2v) is 5.48. The summed E-state index contributed by atoms with van der Waals surface area (Å²) in [6, 6.07) is 2.90. The van der Waals surface area contributed by atoms with Crippen LogP contribution in [0, 0.1) is 6.92 Å². The smallest absolute Gasteiger partial charge is 0.356 e. The van der Waals surface area contributed by atoms with Gasteiger partial charge in [0.25, 0.3) is 10.1 Å². The van der Waals surface area contributed by atoms with Crippen molar-refractivity contribution in [1.82, 2.24) is 4.98 Å². The largest absolute Gasteiger partial charge is 0.496 e. The van der Waals surface area contributed by atoms with E-state index in [1.165, 1.54) is 19.2 Å². The molecule has 0 aliphatic rings. The molecule has 0 aromatic carbocycles. The summed E-state index contributed by atoms with van der Waals surface area (Å²) in [6.07, 6.45) is 1.47. The summed E-state index contributed by atoms with van der Waals surface area (Å²) in [7, 11) is -2.38. The van der Waals surface area contributed by atoms with Crippen LogP contribution in [0.4, 0.5) is 0 Å². The summed E-state index contributed by atoms with van der Waals surface area (Å²) in [5.41, 5.74) is 0.263. The molecule has 0 atom stereocenters. The van der Waals surface area contributed by atoms with Crippen molar-refractivity contribution >= 4 is 16.1 Å². The fourth-order valence-corrected chi connectivity index (χ4v) is 1.62. The van der Waals surface area contributed by atoms with Crippen molar-refractivity contribution < 1.29 is 59.6 Å². The third-order valence-electron chi connectivity index (χ3n) is 2.08. The van der Waals surface area contributed by atoms with Gasteiger partial charge in [0, 0.05) is 44.8 Å². The van der Waals surface area contributed by atoms with E-state index in [-0.39, 0.29) is 50.7 Å². The molecule has 0 aliphatic carbocycles. The molecule has 0 aliphatic heterocycles. The van der Waals surface area contributed by atoms with Gasteiger partial charge in [0.05, 0.1) is 25.7 Å². The monoisotopic (exact) mass is 391 g/mol. The molecule has 1 heterocycles. The minimum atomic E-state index is -3.60. The minimum Gasteiger partial charge on any atom is -0.496 e. The Bertz CT molecular complexity index is 575. The molecule has 0 spiro atoms. The molecule has 0 bridgehead atoms. The second-order valence-electron chi connectivity index (χ2n) is 3.84. The van der Waals surface area contributed by atoms with Gasteiger partial charge >= 0.3 is 5.97 Å². The molecule has 1 aromatic rings. The van der Waals surface area contributed by atoms with Gasteiger partial charge in [0.1, 0.15) is 12.4 Å². The van der Waals surface area contributed by atoms with Gasteiger partial charge in [-0.05, 0) is 0 Å². The molecular formula is C12H16NO6SY-. The van der Waals surface area contributed by atoms with E-state index in [9.17, 15) is 13.2 Å². The molecule has 0 saturated carbocycles. The number of rotatable bonds is 7. The Labute approximate surface area is 149 Å². The third kappa shape index (κ3) is 7.85. The first-order chi connectivity index (χ1) is 9.35. The first-order valence-electron chi connectivity index (χ1n) is 5.71. The van der Waals surface area contributed by atoms with E-state index in [1.807, 2.05) is 0 Å². The van der Waals surface area contributed by atoms with Crippen LogP contribution in [0.15, 0.2) is 12.1 Å². The van der Waals surface area contributed by atoms with Crippen LogP contribution < -0.4 is 4.74 Å². The van der Waals surface area contributed by atoms with Crippen LogP contribution in [0.25, 0.3) is 0 Å². The van der Waals surface area contributed by atoms with Gasteiger partial charge in [-0.3, -0.25) is 4.18 Å². The normalized spacial score (nSPS) is 10.6. The third-order valence-corrected chi connectivity index (χ3v) is 2.63. The maximum atomic E-state index is 11.5. The molecule has 9 heteroatoms. The zero-order valence-electron chi connectivity index (χ0n) is 11.9. The fourth-order valence-electron chi connectivity index (χ4n) is 1.28.